The van der Waals surface area contributed by atoms with Crippen LogP contribution >= 0.6 is 0 Å². The van der Waals surface area contributed by atoms with E-state index in [-0.39, 0.29) is 34.2 Å². The first-order valence-electron chi connectivity index (χ1n) is 13.9. The van der Waals surface area contributed by atoms with Crippen molar-refractivity contribution in [2.24, 2.45) is 0 Å². The van der Waals surface area contributed by atoms with Gasteiger partial charge in [-0.3, -0.25) is 15.0 Å². The van der Waals surface area contributed by atoms with Crippen molar-refractivity contribution < 1.29 is 18.8 Å². The average molecular weight is 563 g/mol. The highest BCUT2D eigenvalue weighted by Gasteiger charge is 2.44. The summed E-state index contributed by atoms with van der Waals surface area (Å²) in [5.74, 6) is 1.31. The van der Waals surface area contributed by atoms with Gasteiger partial charge in [0.15, 0.2) is 5.82 Å². The molecular formula is C31H42N6O4. The van der Waals surface area contributed by atoms with Crippen LogP contribution in [0.5, 0.6) is 5.75 Å². The quantitative estimate of drug-likeness (QED) is 0.309. The lowest BCUT2D eigenvalue weighted by atomic mass is 9.79. The summed E-state index contributed by atoms with van der Waals surface area (Å²) in [6.07, 6.45) is 3.47. The molecule has 0 unspecified atom stereocenters. The minimum absolute atomic E-state index is 0.0138. The second-order valence-electron chi connectivity index (χ2n) is 13.1. The Morgan fingerprint density at radius 2 is 1.68 bits per heavy atom. The Labute approximate surface area is 242 Å². The number of amides is 3. The van der Waals surface area contributed by atoms with E-state index in [1.54, 1.807) is 42.6 Å². The highest BCUT2D eigenvalue weighted by Crippen LogP contribution is 2.38. The first-order chi connectivity index (χ1) is 19.0. The van der Waals surface area contributed by atoms with Gasteiger partial charge in [-0.1, -0.05) is 25.9 Å². The topological polar surface area (TPSA) is 122 Å². The van der Waals surface area contributed by atoms with Gasteiger partial charge in [-0.15, -0.1) is 0 Å². The average Bonchev–Trinajstić information content (AvgIpc) is 3.33. The van der Waals surface area contributed by atoms with Crippen LogP contribution in [0.3, 0.4) is 0 Å². The third-order valence-electron chi connectivity index (χ3n) is 7.77. The molecule has 0 atom stereocenters. The Morgan fingerprint density at radius 1 is 1.00 bits per heavy atom. The summed E-state index contributed by atoms with van der Waals surface area (Å²) >= 11 is 0. The van der Waals surface area contributed by atoms with Gasteiger partial charge >= 0.3 is 6.03 Å². The molecule has 1 aliphatic heterocycles. The molecule has 4 rings (SSSR count). The predicted octanol–water partition coefficient (Wildman–Crippen LogP) is 6.60. The molecule has 3 N–H and O–H groups in total. The Hall–Kier alpha value is -3.92. The second-order valence-corrected chi connectivity index (χ2v) is 13.1. The van der Waals surface area contributed by atoms with Crippen LogP contribution in [0.25, 0.3) is 0 Å². The second kappa shape index (κ2) is 11.2. The highest BCUT2D eigenvalue weighted by atomic mass is 16.5. The number of pyridine rings is 1. The Bertz CT molecular complexity index is 1390. The fourth-order valence-corrected chi connectivity index (χ4v) is 5.17. The lowest BCUT2D eigenvalue weighted by Crippen LogP contribution is -2.60. The largest absolute Gasteiger partial charge is 0.489 e. The van der Waals surface area contributed by atoms with E-state index < -0.39 is 6.03 Å². The van der Waals surface area contributed by atoms with Gasteiger partial charge in [-0.05, 0) is 77.6 Å². The Balaban J connectivity index is 1.32. The molecule has 2 aromatic heterocycles. The molecule has 0 bridgehead atoms. The SMILES string of the molecule is Cc1cc(NC(=O)c2ccc(OC3CC(C)(C)N(C)C(C)(C)C3)cn2)ccc1NC(=O)Nc1cc(C(C)(C)C)on1. The summed E-state index contributed by atoms with van der Waals surface area (Å²) in [6.45, 7) is 16.8. The predicted molar refractivity (Wildman–Crippen MR) is 161 cm³/mol. The van der Waals surface area contributed by atoms with E-state index in [1.165, 1.54) is 0 Å². The van der Waals surface area contributed by atoms with E-state index in [9.17, 15) is 9.59 Å². The maximum atomic E-state index is 12.9. The van der Waals surface area contributed by atoms with Gasteiger partial charge in [0.05, 0.1) is 6.20 Å². The van der Waals surface area contributed by atoms with Gasteiger partial charge in [-0.25, -0.2) is 9.78 Å². The van der Waals surface area contributed by atoms with Gasteiger partial charge in [-0.2, -0.15) is 0 Å². The summed E-state index contributed by atoms with van der Waals surface area (Å²) in [6, 6.07) is 9.93. The third kappa shape index (κ3) is 7.24. The lowest BCUT2D eigenvalue weighted by Gasteiger charge is -2.53. The number of benzene rings is 1. The van der Waals surface area contributed by atoms with Crippen LogP contribution in [0, 0.1) is 6.92 Å². The number of carbonyl (C=O) groups excluding carboxylic acids is 2. The van der Waals surface area contributed by atoms with Crippen molar-refractivity contribution in [1.29, 1.82) is 0 Å². The van der Waals surface area contributed by atoms with Gasteiger partial charge in [0.25, 0.3) is 5.91 Å². The molecule has 1 aliphatic rings. The maximum Gasteiger partial charge on any atom is 0.324 e. The molecular weight excluding hydrogens is 520 g/mol. The Morgan fingerprint density at radius 3 is 2.24 bits per heavy atom. The normalized spacial score (nSPS) is 17.1. The van der Waals surface area contributed by atoms with Crippen LogP contribution in [-0.2, 0) is 5.41 Å². The van der Waals surface area contributed by atoms with E-state index in [2.05, 4.69) is 65.7 Å². The molecule has 1 fully saturated rings. The first-order valence-corrected chi connectivity index (χ1v) is 13.9. The summed E-state index contributed by atoms with van der Waals surface area (Å²) in [5, 5.41) is 12.2. The first kappa shape index (κ1) is 30.0. The fourth-order valence-electron chi connectivity index (χ4n) is 5.17. The standard InChI is InChI=1S/C31H42N6O4/c1-19-14-20(10-12-23(19)34-28(39)35-26-15-25(41-36-26)29(2,3)4)33-27(38)24-13-11-21(18-32-24)40-22-16-30(5,6)37(9)31(7,8)17-22/h10-15,18,22H,16-17H2,1-9H3,(H,33,38)(H2,34,35,36,39). The minimum Gasteiger partial charge on any atom is -0.489 e. The molecule has 3 aromatic rings. The number of anilines is 3. The van der Waals surface area contributed by atoms with Crippen molar-refractivity contribution in [1.82, 2.24) is 15.0 Å². The van der Waals surface area contributed by atoms with Crippen molar-refractivity contribution >= 4 is 29.1 Å². The zero-order chi connectivity index (χ0) is 30.2. The Kier molecular flexibility index (Phi) is 8.18. The zero-order valence-corrected chi connectivity index (χ0v) is 25.5. The monoisotopic (exact) mass is 562 g/mol. The number of carbonyl (C=O) groups is 2. The summed E-state index contributed by atoms with van der Waals surface area (Å²) in [7, 11) is 2.16. The maximum absolute atomic E-state index is 12.9. The number of aryl methyl sites for hydroxylation is 1. The molecule has 10 heteroatoms. The van der Waals surface area contributed by atoms with Crippen LogP contribution in [0.2, 0.25) is 0 Å². The van der Waals surface area contributed by atoms with Crippen LogP contribution in [0.1, 0.15) is 83.1 Å². The smallest absolute Gasteiger partial charge is 0.324 e. The van der Waals surface area contributed by atoms with E-state index in [1.807, 2.05) is 27.7 Å². The number of urea groups is 1. The van der Waals surface area contributed by atoms with Crippen LogP contribution in [0.4, 0.5) is 22.0 Å². The molecule has 0 aliphatic carbocycles. The molecule has 41 heavy (non-hydrogen) atoms. The molecule has 1 aromatic carbocycles. The molecule has 220 valence electrons. The van der Waals surface area contributed by atoms with Crippen molar-refractivity contribution in [3.63, 3.8) is 0 Å². The number of aromatic nitrogens is 2. The molecule has 0 spiro atoms. The number of likely N-dealkylation sites (tertiary alicyclic amines) is 1. The number of nitrogens with one attached hydrogen (secondary N) is 3. The van der Waals surface area contributed by atoms with Crippen LogP contribution in [0.15, 0.2) is 47.1 Å². The van der Waals surface area contributed by atoms with Crippen molar-refractivity contribution in [3.05, 3.63) is 59.6 Å². The van der Waals surface area contributed by atoms with E-state index in [0.717, 1.165) is 18.4 Å². The molecule has 0 radical (unpaired) electrons. The van der Waals surface area contributed by atoms with Gasteiger partial charge in [0.1, 0.15) is 23.3 Å². The highest BCUT2D eigenvalue weighted by molar-refractivity contribution is 6.03. The molecule has 3 amide bonds. The lowest BCUT2D eigenvalue weighted by molar-refractivity contribution is -0.0557. The molecule has 0 saturated carbocycles. The summed E-state index contributed by atoms with van der Waals surface area (Å²) < 4.78 is 11.6. The van der Waals surface area contributed by atoms with Crippen molar-refractivity contribution in [2.45, 2.75) is 90.8 Å². The number of piperidine rings is 1. The number of hydrogen-bond donors (Lipinski definition) is 3. The van der Waals surface area contributed by atoms with Crippen molar-refractivity contribution in [3.8, 4) is 5.75 Å². The number of hydrogen-bond acceptors (Lipinski definition) is 7. The van der Waals surface area contributed by atoms with E-state index >= 15 is 0 Å². The van der Waals surface area contributed by atoms with Crippen molar-refractivity contribution in [2.75, 3.05) is 23.0 Å². The molecule has 10 nitrogen and oxygen atoms in total. The number of ether oxygens (including phenoxy) is 1. The zero-order valence-electron chi connectivity index (χ0n) is 25.5. The molecule has 1 saturated heterocycles. The number of rotatable bonds is 6. The molecule has 3 heterocycles. The van der Waals surface area contributed by atoms with Crippen LogP contribution in [-0.4, -0.2) is 51.2 Å². The summed E-state index contributed by atoms with van der Waals surface area (Å²) in [4.78, 5) is 32.1. The summed E-state index contributed by atoms with van der Waals surface area (Å²) in [5.41, 5.74) is 2.05. The number of nitrogens with zero attached hydrogens (tertiary/aromatic N) is 3. The fraction of sp³-hybridized carbons (Fsp3) is 0.484. The minimum atomic E-state index is -0.447. The van der Waals surface area contributed by atoms with Gasteiger partial charge in [0, 0.05) is 46.8 Å². The van der Waals surface area contributed by atoms with Gasteiger partial charge < -0.3 is 19.9 Å². The van der Waals surface area contributed by atoms with Gasteiger partial charge in [0.2, 0.25) is 0 Å². The van der Waals surface area contributed by atoms with Crippen LogP contribution < -0.4 is 20.7 Å². The third-order valence-corrected chi connectivity index (χ3v) is 7.77. The van der Waals surface area contributed by atoms with E-state index in [0.29, 0.717) is 28.7 Å². The van der Waals surface area contributed by atoms with E-state index in [4.69, 9.17) is 9.26 Å².